The molecule has 2 aromatic rings. The molecule has 1 fully saturated rings. The van der Waals surface area contributed by atoms with Crippen LogP contribution >= 0.6 is 0 Å². The third kappa shape index (κ3) is 4.18. The van der Waals surface area contributed by atoms with E-state index in [0.29, 0.717) is 43.1 Å². The van der Waals surface area contributed by atoms with Gasteiger partial charge in [0.1, 0.15) is 11.1 Å². The van der Waals surface area contributed by atoms with Gasteiger partial charge in [-0.3, -0.25) is 9.69 Å². The molecule has 1 aromatic heterocycles. The molecule has 0 unspecified atom stereocenters. The Balaban J connectivity index is 1.81. The molecule has 0 spiro atoms. The molecule has 32 heavy (non-hydrogen) atoms. The fourth-order valence-electron chi connectivity index (χ4n) is 3.82. The van der Waals surface area contributed by atoms with Crippen molar-refractivity contribution in [2.45, 2.75) is 51.7 Å². The third-order valence-electron chi connectivity index (χ3n) is 5.82. The number of imide groups is 1. The smallest absolute Gasteiger partial charge is 0.417 e. The lowest BCUT2D eigenvalue weighted by molar-refractivity contribution is -0.136. The number of nitrogens with one attached hydrogen (secondary N) is 1. The number of carbonyl (C=O) groups is 2. The number of likely N-dealkylation sites (N-methyl/N-ethyl adjacent to an activating group) is 1. The number of urea groups is 1. The second kappa shape index (κ2) is 8.48. The standard InChI is InChI=1S/C22H26F3N3O4/c1-5-7-14-16(9-8-13-15(22(23,24)25)12-17(29)32-18(13)14)26-10-6-11-28-19(30)21(2,3)27(4)20(28)31/h8-9,12,26H,5-7,10-11H2,1-4H3. The van der Waals surface area contributed by atoms with Gasteiger partial charge in [-0.2, -0.15) is 13.2 Å². The molecule has 0 bridgehead atoms. The maximum Gasteiger partial charge on any atom is 0.417 e. The summed E-state index contributed by atoms with van der Waals surface area (Å²) >= 11 is 0. The van der Waals surface area contributed by atoms with E-state index < -0.39 is 22.9 Å². The third-order valence-corrected chi connectivity index (χ3v) is 5.82. The summed E-state index contributed by atoms with van der Waals surface area (Å²) in [5, 5.41) is 2.98. The van der Waals surface area contributed by atoms with Crippen molar-refractivity contribution in [1.82, 2.24) is 9.80 Å². The van der Waals surface area contributed by atoms with Crippen LogP contribution in [0.15, 0.2) is 27.4 Å². The number of amides is 3. The predicted octanol–water partition coefficient (Wildman–Crippen LogP) is 4.24. The number of hydrogen-bond donors (Lipinski definition) is 1. The number of hydrogen-bond acceptors (Lipinski definition) is 5. The van der Waals surface area contributed by atoms with Gasteiger partial charge in [0.15, 0.2) is 0 Å². The highest BCUT2D eigenvalue weighted by Crippen LogP contribution is 2.37. The monoisotopic (exact) mass is 453 g/mol. The molecule has 0 atom stereocenters. The first kappa shape index (κ1) is 23.6. The van der Waals surface area contributed by atoms with Crippen LogP contribution in [0.2, 0.25) is 0 Å². The maximum atomic E-state index is 13.4. The number of carbonyl (C=O) groups excluding carboxylic acids is 2. The number of fused-ring (bicyclic) bond motifs is 1. The van der Waals surface area contributed by atoms with Crippen molar-refractivity contribution in [2.75, 3.05) is 25.5 Å². The maximum absolute atomic E-state index is 13.4. The molecule has 1 aliphatic heterocycles. The highest BCUT2D eigenvalue weighted by Gasteiger charge is 2.48. The second-order valence-corrected chi connectivity index (χ2v) is 8.33. The topological polar surface area (TPSA) is 82.9 Å². The van der Waals surface area contributed by atoms with Gasteiger partial charge in [0.05, 0.1) is 5.56 Å². The van der Waals surface area contributed by atoms with Gasteiger partial charge < -0.3 is 14.6 Å². The van der Waals surface area contributed by atoms with E-state index in [0.717, 1.165) is 0 Å². The summed E-state index contributed by atoms with van der Waals surface area (Å²) in [6.07, 6.45) is -3.20. The van der Waals surface area contributed by atoms with E-state index in [1.807, 2.05) is 6.92 Å². The zero-order valence-corrected chi connectivity index (χ0v) is 18.4. The summed E-state index contributed by atoms with van der Waals surface area (Å²) in [5.41, 5.74) is -2.02. The van der Waals surface area contributed by atoms with E-state index in [9.17, 15) is 27.6 Å². The van der Waals surface area contributed by atoms with Crippen LogP contribution in [0.1, 0.15) is 44.7 Å². The molecule has 174 valence electrons. The number of aryl methyl sites for hydroxylation is 1. The van der Waals surface area contributed by atoms with E-state index in [2.05, 4.69) is 5.32 Å². The number of rotatable bonds is 7. The molecular weight excluding hydrogens is 427 g/mol. The van der Waals surface area contributed by atoms with Gasteiger partial charge in [-0.05, 0) is 38.8 Å². The minimum absolute atomic E-state index is 0.0788. The molecule has 3 amide bonds. The Kier molecular flexibility index (Phi) is 6.26. The minimum Gasteiger partial charge on any atom is -0.422 e. The Hall–Kier alpha value is -3.04. The highest BCUT2D eigenvalue weighted by atomic mass is 19.4. The SMILES string of the molecule is CCCc1c(NCCCN2C(=O)N(C)C(C)(C)C2=O)ccc2c(C(F)(F)F)cc(=O)oc12. The first-order chi connectivity index (χ1) is 14.9. The quantitative estimate of drug-likeness (QED) is 0.385. The summed E-state index contributed by atoms with van der Waals surface area (Å²) in [6, 6.07) is 2.92. The number of nitrogens with zero attached hydrogens (tertiary/aromatic N) is 2. The molecule has 10 heteroatoms. The van der Waals surface area contributed by atoms with Crippen molar-refractivity contribution in [3.8, 4) is 0 Å². The van der Waals surface area contributed by atoms with Crippen molar-refractivity contribution in [3.05, 3.63) is 39.7 Å². The molecule has 1 aliphatic rings. The van der Waals surface area contributed by atoms with Gasteiger partial charge >= 0.3 is 17.8 Å². The Morgan fingerprint density at radius 2 is 1.84 bits per heavy atom. The van der Waals surface area contributed by atoms with Gasteiger partial charge in [-0.15, -0.1) is 0 Å². The normalized spacial score (nSPS) is 16.3. The fraction of sp³-hybridized carbons (Fsp3) is 0.500. The van der Waals surface area contributed by atoms with Crippen LogP contribution in [-0.2, 0) is 17.4 Å². The first-order valence-electron chi connectivity index (χ1n) is 10.4. The molecule has 1 aromatic carbocycles. The van der Waals surface area contributed by atoms with Gasteiger partial charge in [0, 0.05) is 42.8 Å². The molecular formula is C22H26F3N3O4. The number of halogens is 3. The minimum atomic E-state index is -4.68. The summed E-state index contributed by atoms with van der Waals surface area (Å²) in [6.45, 7) is 5.81. The number of benzene rings is 1. The molecule has 1 saturated heterocycles. The Morgan fingerprint density at radius 3 is 2.41 bits per heavy atom. The van der Waals surface area contributed by atoms with E-state index in [1.54, 1.807) is 20.9 Å². The van der Waals surface area contributed by atoms with Crippen LogP contribution in [0.4, 0.5) is 23.7 Å². The van der Waals surface area contributed by atoms with Crippen molar-refractivity contribution in [3.63, 3.8) is 0 Å². The van der Waals surface area contributed by atoms with Gasteiger partial charge in [-0.25, -0.2) is 9.59 Å². The summed E-state index contributed by atoms with van der Waals surface area (Å²) < 4.78 is 45.4. The Morgan fingerprint density at radius 1 is 1.16 bits per heavy atom. The van der Waals surface area contributed by atoms with Gasteiger partial charge in [0.2, 0.25) is 0 Å². The largest absolute Gasteiger partial charge is 0.422 e. The van der Waals surface area contributed by atoms with Crippen LogP contribution in [-0.4, -0.2) is 47.4 Å². The van der Waals surface area contributed by atoms with Crippen LogP contribution in [0.25, 0.3) is 11.0 Å². The lowest BCUT2D eigenvalue weighted by atomic mass is 10.0. The van der Waals surface area contributed by atoms with Crippen molar-refractivity contribution < 1.29 is 27.2 Å². The molecule has 1 N–H and O–H groups in total. The van der Waals surface area contributed by atoms with E-state index in [-0.39, 0.29) is 29.5 Å². The molecule has 2 heterocycles. The Bertz CT molecular complexity index is 1110. The fourth-order valence-corrected chi connectivity index (χ4v) is 3.82. The van der Waals surface area contributed by atoms with Crippen LogP contribution in [0.3, 0.4) is 0 Å². The molecule has 0 aliphatic carbocycles. The van der Waals surface area contributed by atoms with Crippen molar-refractivity contribution in [2.24, 2.45) is 0 Å². The van der Waals surface area contributed by atoms with Crippen LogP contribution < -0.4 is 10.9 Å². The molecule has 3 rings (SSSR count). The highest BCUT2D eigenvalue weighted by molar-refractivity contribution is 6.06. The molecule has 7 nitrogen and oxygen atoms in total. The zero-order valence-electron chi connectivity index (χ0n) is 18.4. The number of alkyl halides is 3. The summed E-state index contributed by atoms with van der Waals surface area (Å²) in [4.78, 5) is 39.2. The van der Waals surface area contributed by atoms with E-state index >= 15 is 0 Å². The van der Waals surface area contributed by atoms with Gasteiger partial charge in [-0.1, -0.05) is 13.3 Å². The van der Waals surface area contributed by atoms with Crippen molar-refractivity contribution in [1.29, 1.82) is 0 Å². The van der Waals surface area contributed by atoms with E-state index in [4.69, 9.17) is 4.42 Å². The lowest BCUT2D eigenvalue weighted by Crippen LogP contribution is -2.41. The van der Waals surface area contributed by atoms with Gasteiger partial charge in [0.25, 0.3) is 5.91 Å². The average molecular weight is 453 g/mol. The van der Waals surface area contributed by atoms with Crippen molar-refractivity contribution >= 4 is 28.6 Å². The summed E-state index contributed by atoms with van der Waals surface area (Å²) in [5.74, 6) is -0.274. The lowest BCUT2D eigenvalue weighted by Gasteiger charge is -2.22. The molecule has 0 saturated carbocycles. The zero-order chi connectivity index (χ0) is 23.8. The first-order valence-corrected chi connectivity index (χ1v) is 10.4. The number of anilines is 1. The van der Waals surface area contributed by atoms with Crippen LogP contribution in [0, 0.1) is 0 Å². The predicted molar refractivity (Wildman–Crippen MR) is 114 cm³/mol. The van der Waals surface area contributed by atoms with Crippen LogP contribution in [0.5, 0.6) is 0 Å². The Labute approximate surface area is 183 Å². The average Bonchev–Trinajstić information content (AvgIpc) is 2.85. The summed E-state index contributed by atoms with van der Waals surface area (Å²) in [7, 11) is 1.58. The molecule has 0 radical (unpaired) electrons. The second-order valence-electron chi connectivity index (χ2n) is 8.33. The van der Waals surface area contributed by atoms with E-state index in [1.165, 1.54) is 21.9 Å².